The van der Waals surface area contributed by atoms with Crippen molar-refractivity contribution in [3.63, 3.8) is 0 Å². The minimum Gasteiger partial charge on any atom is -0.480 e. The number of aliphatic carboxylic acids is 1. The Labute approximate surface area is 161 Å². The lowest BCUT2D eigenvalue weighted by Crippen LogP contribution is -2.45. The van der Waals surface area contributed by atoms with E-state index in [2.05, 4.69) is 5.32 Å². The number of carboxylic acid groups (broad SMARTS) is 1. The van der Waals surface area contributed by atoms with E-state index >= 15 is 0 Å². The van der Waals surface area contributed by atoms with Gasteiger partial charge in [-0.25, -0.2) is 18.0 Å². The molecule has 0 radical (unpaired) electrons. The second kappa shape index (κ2) is 9.46. The number of nitro benzene ring substituents is 1. The SMILES string of the molecule is CC(C)(C)OC[C@H](NC(=O)OCCS(=O)(=O)c1ccc([N+](=O)[O-])cc1)C(=O)O. The van der Waals surface area contributed by atoms with Crippen molar-refractivity contribution in [2.75, 3.05) is 19.0 Å². The van der Waals surface area contributed by atoms with Crippen LogP contribution in [0.4, 0.5) is 10.5 Å². The summed E-state index contributed by atoms with van der Waals surface area (Å²) < 4.78 is 34.3. The van der Waals surface area contributed by atoms with Crippen molar-refractivity contribution in [1.29, 1.82) is 0 Å². The van der Waals surface area contributed by atoms with E-state index in [1.807, 2.05) is 0 Å². The lowest BCUT2D eigenvalue weighted by Gasteiger charge is -2.22. The zero-order valence-corrected chi connectivity index (χ0v) is 16.4. The first-order chi connectivity index (χ1) is 12.8. The van der Waals surface area contributed by atoms with E-state index in [0.29, 0.717) is 0 Å². The maximum Gasteiger partial charge on any atom is 0.407 e. The molecule has 0 aliphatic rings. The van der Waals surface area contributed by atoms with Gasteiger partial charge in [0.15, 0.2) is 15.9 Å². The van der Waals surface area contributed by atoms with E-state index in [4.69, 9.17) is 14.6 Å². The smallest absolute Gasteiger partial charge is 0.407 e. The van der Waals surface area contributed by atoms with Crippen molar-refractivity contribution in [3.05, 3.63) is 34.4 Å². The highest BCUT2D eigenvalue weighted by atomic mass is 32.2. The number of non-ortho nitro benzene ring substituents is 1. The quantitative estimate of drug-likeness (QED) is 0.445. The van der Waals surface area contributed by atoms with Gasteiger partial charge in [0.25, 0.3) is 5.69 Å². The molecular formula is C16H22N2O9S. The van der Waals surface area contributed by atoms with Crippen molar-refractivity contribution in [3.8, 4) is 0 Å². The highest BCUT2D eigenvalue weighted by Crippen LogP contribution is 2.17. The van der Waals surface area contributed by atoms with Crippen LogP contribution in [0.2, 0.25) is 0 Å². The van der Waals surface area contributed by atoms with Gasteiger partial charge >= 0.3 is 12.1 Å². The molecule has 1 aromatic rings. The lowest BCUT2D eigenvalue weighted by atomic mass is 10.2. The number of carbonyl (C=O) groups is 2. The third-order valence-corrected chi connectivity index (χ3v) is 4.96. The number of sulfone groups is 1. The molecule has 0 spiro atoms. The van der Waals surface area contributed by atoms with Crippen LogP contribution in [-0.4, -0.2) is 61.1 Å². The third kappa shape index (κ3) is 7.88. The van der Waals surface area contributed by atoms with Gasteiger partial charge in [0.05, 0.1) is 27.8 Å². The average molecular weight is 418 g/mol. The Morgan fingerprint density at radius 3 is 2.29 bits per heavy atom. The lowest BCUT2D eigenvalue weighted by molar-refractivity contribution is -0.384. The van der Waals surface area contributed by atoms with Gasteiger partial charge in [-0.2, -0.15) is 0 Å². The summed E-state index contributed by atoms with van der Waals surface area (Å²) in [6.07, 6.45) is -1.11. The number of nitrogens with one attached hydrogen (secondary N) is 1. The summed E-state index contributed by atoms with van der Waals surface area (Å²) in [7, 11) is -3.84. The van der Waals surface area contributed by atoms with Crippen molar-refractivity contribution in [2.45, 2.75) is 37.3 Å². The van der Waals surface area contributed by atoms with Crippen LogP contribution in [0.3, 0.4) is 0 Å². The summed E-state index contributed by atoms with van der Waals surface area (Å²) in [4.78, 5) is 32.6. The molecule has 1 aromatic carbocycles. The molecule has 156 valence electrons. The number of hydrogen-bond donors (Lipinski definition) is 2. The number of nitro groups is 1. The normalized spacial score (nSPS) is 12.8. The third-order valence-electron chi connectivity index (χ3n) is 3.27. The van der Waals surface area contributed by atoms with Crippen LogP contribution >= 0.6 is 0 Å². The van der Waals surface area contributed by atoms with Crippen LogP contribution in [0.15, 0.2) is 29.2 Å². The molecule has 0 aliphatic heterocycles. The molecule has 0 saturated heterocycles. The fourth-order valence-electron chi connectivity index (χ4n) is 1.83. The molecule has 2 N–H and O–H groups in total. The van der Waals surface area contributed by atoms with E-state index in [0.717, 1.165) is 24.3 Å². The zero-order valence-electron chi connectivity index (χ0n) is 15.6. The molecule has 0 aromatic heterocycles. The Balaban J connectivity index is 2.57. The second-order valence-corrected chi connectivity index (χ2v) is 8.77. The topological polar surface area (TPSA) is 162 Å². The first kappa shape index (κ1) is 23.3. The summed E-state index contributed by atoms with van der Waals surface area (Å²) in [5.74, 6) is -1.91. The van der Waals surface area contributed by atoms with Gasteiger partial charge < -0.3 is 19.9 Å². The number of rotatable bonds is 9. The first-order valence-corrected chi connectivity index (χ1v) is 9.74. The maximum atomic E-state index is 12.1. The minimum atomic E-state index is -3.84. The number of ether oxygens (including phenoxy) is 2. The molecule has 12 heteroatoms. The van der Waals surface area contributed by atoms with Crippen LogP contribution in [0.25, 0.3) is 0 Å². The number of alkyl carbamates (subject to hydrolysis) is 1. The summed E-state index contributed by atoms with van der Waals surface area (Å²) in [6, 6.07) is 2.90. The monoisotopic (exact) mass is 418 g/mol. The average Bonchev–Trinajstić information content (AvgIpc) is 2.57. The van der Waals surface area contributed by atoms with Gasteiger partial charge in [-0.1, -0.05) is 0 Å². The number of carbonyl (C=O) groups excluding carboxylic acids is 1. The van der Waals surface area contributed by atoms with Crippen LogP contribution < -0.4 is 5.32 Å². The fourth-order valence-corrected chi connectivity index (χ4v) is 2.92. The van der Waals surface area contributed by atoms with Gasteiger partial charge in [0.1, 0.15) is 6.61 Å². The van der Waals surface area contributed by atoms with Gasteiger partial charge in [-0.15, -0.1) is 0 Å². The summed E-state index contributed by atoms with van der Waals surface area (Å²) in [5.41, 5.74) is -0.871. The Morgan fingerprint density at radius 2 is 1.82 bits per heavy atom. The van der Waals surface area contributed by atoms with E-state index in [9.17, 15) is 28.1 Å². The van der Waals surface area contributed by atoms with Gasteiger partial charge in [-0.3, -0.25) is 10.1 Å². The number of amides is 1. The molecule has 0 bridgehead atoms. The molecule has 0 aliphatic carbocycles. The molecule has 0 unspecified atom stereocenters. The molecule has 11 nitrogen and oxygen atoms in total. The summed E-state index contributed by atoms with van der Waals surface area (Å²) >= 11 is 0. The number of hydrogen-bond acceptors (Lipinski definition) is 8. The molecule has 1 rings (SSSR count). The van der Waals surface area contributed by atoms with Crippen molar-refractivity contribution in [1.82, 2.24) is 5.32 Å². The van der Waals surface area contributed by atoms with Crippen LogP contribution in [-0.2, 0) is 24.1 Å². The predicted octanol–water partition coefficient (Wildman–Crippen LogP) is 1.36. The van der Waals surface area contributed by atoms with Gasteiger partial charge in [0.2, 0.25) is 0 Å². The molecule has 0 saturated carbocycles. The Hall–Kier alpha value is -2.73. The van der Waals surface area contributed by atoms with Gasteiger partial charge in [-0.05, 0) is 32.9 Å². The molecule has 28 heavy (non-hydrogen) atoms. The molecule has 0 heterocycles. The molecule has 0 fully saturated rings. The van der Waals surface area contributed by atoms with E-state index in [-0.39, 0.29) is 17.2 Å². The van der Waals surface area contributed by atoms with Crippen LogP contribution in [0.1, 0.15) is 20.8 Å². The highest BCUT2D eigenvalue weighted by Gasteiger charge is 2.24. The van der Waals surface area contributed by atoms with Crippen LogP contribution in [0, 0.1) is 10.1 Å². The zero-order chi connectivity index (χ0) is 21.5. The summed E-state index contributed by atoms with van der Waals surface area (Å²) in [5, 5.41) is 21.8. The number of benzene rings is 1. The van der Waals surface area contributed by atoms with Crippen molar-refractivity contribution in [2.24, 2.45) is 0 Å². The number of carboxylic acids is 1. The second-order valence-electron chi connectivity index (χ2n) is 6.66. The fraction of sp³-hybridized carbons (Fsp3) is 0.500. The van der Waals surface area contributed by atoms with E-state index in [1.165, 1.54) is 0 Å². The van der Waals surface area contributed by atoms with E-state index in [1.54, 1.807) is 20.8 Å². The first-order valence-electron chi connectivity index (χ1n) is 8.09. The van der Waals surface area contributed by atoms with Crippen LogP contribution in [0.5, 0.6) is 0 Å². The number of nitrogens with zero attached hydrogens (tertiary/aromatic N) is 1. The van der Waals surface area contributed by atoms with Gasteiger partial charge in [0, 0.05) is 12.1 Å². The Kier molecular flexibility index (Phi) is 7.88. The Morgan fingerprint density at radius 1 is 1.25 bits per heavy atom. The van der Waals surface area contributed by atoms with Crippen molar-refractivity contribution < 1.29 is 37.5 Å². The summed E-state index contributed by atoms with van der Waals surface area (Å²) in [6.45, 7) is 4.32. The largest absolute Gasteiger partial charge is 0.480 e. The predicted molar refractivity (Wildman–Crippen MR) is 96.8 cm³/mol. The van der Waals surface area contributed by atoms with E-state index < -0.39 is 50.8 Å². The maximum absolute atomic E-state index is 12.1. The molecule has 1 amide bonds. The molecular weight excluding hydrogens is 396 g/mol. The molecule has 1 atom stereocenters. The van der Waals surface area contributed by atoms with Crippen molar-refractivity contribution >= 4 is 27.6 Å². The highest BCUT2D eigenvalue weighted by molar-refractivity contribution is 7.91. The standard InChI is InChI=1S/C16H22N2O9S/c1-16(2,3)27-10-13(14(19)20)17-15(21)26-8-9-28(24,25)12-6-4-11(5-7-12)18(22)23/h4-7,13H,8-10H2,1-3H3,(H,17,21)(H,19,20)/t13-/m0/s1. The minimum absolute atomic E-state index is 0.163. The Bertz CT molecular complexity index is 814.